The van der Waals surface area contributed by atoms with E-state index in [0.29, 0.717) is 16.7 Å². The topological polar surface area (TPSA) is 78.4 Å². The third-order valence-electron chi connectivity index (χ3n) is 3.38. The summed E-state index contributed by atoms with van der Waals surface area (Å²) in [6, 6.07) is 8.99. The molecule has 7 heteroatoms. The van der Waals surface area contributed by atoms with Gasteiger partial charge in [0.2, 0.25) is 0 Å². The van der Waals surface area contributed by atoms with Gasteiger partial charge < -0.3 is 13.6 Å². The van der Waals surface area contributed by atoms with Gasteiger partial charge in [0.15, 0.2) is 6.61 Å². The normalized spacial score (nSPS) is 11.2. The molecular formula is C18H15ClN2O4. The summed E-state index contributed by atoms with van der Waals surface area (Å²) < 4.78 is 16.0. The minimum absolute atomic E-state index is 0.116. The number of benzene rings is 1. The Kier molecular flexibility index (Phi) is 5.00. The highest BCUT2D eigenvalue weighted by atomic mass is 35.5. The molecule has 2 aromatic heterocycles. The van der Waals surface area contributed by atoms with Crippen molar-refractivity contribution in [2.24, 2.45) is 0 Å². The summed E-state index contributed by atoms with van der Waals surface area (Å²) in [5, 5.41) is 8.36. The molecule has 0 aliphatic rings. The van der Waals surface area contributed by atoms with Crippen LogP contribution < -0.4 is 0 Å². The van der Waals surface area contributed by atoms with Gasteiger partial charge in [0.25, 0.3) is 11.8 Å². The first-order chi connectivity index (χ1) is 12.0. The molecule has 0 amide bonds. The third kappa shape index (κ3) is 4.16. The van der Waals surface area contributed by atoms with Gasteiger partial charge in [-0.2, -0.15) is 0 Å². The number of carbonyl (C=O) groups is 1. The molecule has 0 aliphatic carbocycles. The van der Waals surface area contributed by atoms with E-state index in [0.717, 1.165) is 16.9 Å². The van der Waals surface area contributed by atoms with Crippen LogP contribution in [-0.2, 0) is 16.1 Å². The highest BCUT2D eigenvalue weighted by Crippen LogP contribution is 2.25. The first-order valence-electron chi connectivity index (χ1n) is 7.52. The van der Waals surface area contributed by atoms with Crippen molar-refractivity contribution < 1.29 is 18.4 Å². The van der Waals surface area contributed by atoms with Gasteiger partial charge in [-0.1, -0.05) is 29.8 Å². The lowest BCUT2D eigenvalue weighted by Gasteiger charge is -1.98. The number of carbonyl (C=O) groups excluding carboxylic acids is 1. The van der Waals surface area contributed by atoms with Crippen LogP contribution in [-0.4, -0.2) is 16.2 Å². The van der Waals surface area contributed by atoms with Gasteiger partial charge in [-0.15, -0.1) is 10.2 Å². The number of nitrogens with zero attached hydrogens (tertiary/aromatic N) is 2. The van der Waals surface area contributed by atoms with Crippen LogP contribution in [0.15, 0.2) is 45.2 Å². The van der Waals surface area contributed by atoms with E-state index in [9.17, 15) is 4.79 Å². The Morgan fingerprint density at radius 3 is 2.76 bits per heavy atom. The quantitative estimate of drug-likeness (QED) is 0.498. The van der Waals surface area contributed by atoms with Gasteiger partial charge >= 0.3 is 5.97 Å². The minimum atomic E-state index is -0.532. The fraction of sp³-hybridized carbons (Fsp3) is 0.167. The summed E-state index contributed by atoms with van der Waals surface area (Å²) in [7, 11) is 0. The number of esters is 1. The molecule has 0 aliphatic heterocycles. The van der Waals surface area contributed by atoms with E-state index in [4.69, 9.17) is 25.2 Å². The highest BCUT2D eigenvalue weighted by Gasteiger charge is 2.15. The molecule has 0 bridgehead atoms. The maximum atomic E-state index is 11.8. The van der Waals surface area contributed by atoms with Crippen LogP contribution in [0.1, 0.15) is 23.0 Å². The molecule has 0 atom stereocenters. The van der Waals surface area contributed by atoms with Crippen LogP contribution in [0, 0.1) is 13.8 Å². The maximum Gasteiger partial charge on any atom is 0.331 e. The van der Waals surface area contributed by atoms with E-state index in [1.807, 2.05) is 32.0 Å². The molecule has 0 saturated heterocycles. The van der Waals surface area contributed by atoms with Crippen LogP contribution in [0.4, 0.5) is 0 Å². The van der Waals surface area contributed by atoms with Gasteiger partial charge in [-0.3, -0.25) is 0 Å². The van der Waals surface area contributed by atoms with Crippen LogP contribution in [0.3, 0.4) is 0 Å². The lowest BCUT2D eigenvalue weighted by Crippen LogP contribution is -2.00. The SMILES string of the molecule is Cc1cc(-c2nnc(COC(=O)/C=C/c3ccccc3Cl)o2)c(C)o1. The number of ether oxygens (including phenoxy) is 1. The van der Waals surface area contributed by atoms with Crippen molar-refractivity contribution in [3.8, 4) is 11.5 Å². The Morgan fingerprint density at radius 1 is 1.24 bits per heavy atom. The van der Waals surface area contributed by atoms with E-state index < -0.39 is 5.97 Å². The van der Waals surface area contributed by atoms with Crippen LogP contribution in [0.5, 0.6) is 0 Å². The molecule has 0 spiro atoms. The second kappa shape index (κ2) is 7.36. The Balaban J connectivity index is 1.60. The number of hydrogen-bond donors (Lipinski definition) is 0. The lowest BCUT2D eigenvalue weighted by molar-refractivity contribution is -0.139. The van der Waals surface area contributed by atoms with Gasteiger partial charge in [0.05, 0.1) is 5.56 Å². The van der Waals surface area contributed by atoms with Crippen molar-refractivity contribution in [2.75, 3.05) is 0 Å². The summed E-state index contributed by atoms with van der Waals surface area (Å²) in [4.78, 5) is 11.8. The Labute approximate surface area is 149 Å². The predicted molar refractivity (Wildman–Crippen MR) is 91.8 cm³/mol. The van der Waals surface area contributed by atoms with Crippen LogP contribution in [0.25, 0.3) is 17.5 Å². The molecule has 0 N–H and O–H groups in total. The van der Waals surface area contributed by atoms with Crippen LogP contribution in [0.2, 0.25) is 5.02 Å². The smallest absolute Gasteiger partial charge is 0.331 e. The van der Waals surface area contributed by atoms with E-state index in [1.165, 1.54) is 6.08 Å². The zero-order valence-electron chi connectivity index (χ0n) is 13.7. The summed E-state index contributed by atoms with van der Waals surface area (Å²) in [5.74, 6) is 1.44. The predicted octanol–water partition coefficient (Wildman–Crippen LogP) is 4.36. The van der Waals surface area contributed by atoms with Crippen molar-refractivity contribution in [2.45, 2.75) is 20.5 Å². The molecule has 0 saturated carbocycles. The maximum absolute atomic E-state index is 11.8. The third-order valence-corrected chi connectivity index (χ3v) is 3.72. The molecule has 3 rings (SSSR count). The Morgan fingerprint density at radius 2 is 2.04 bits per heavy atom. The fourth-order valence-electron chi connectivity index (χ4n) is 2.21. The molecule has 2 heterocycles. The second-order valence-corrected chi connectivity index (χ2v) is 5.70. The van der Waals surface area contributed by atoms with Crippen molar-refractivity contribution >= 4 is 23.6 Å². The van der Waals surface area contributed by atoms with Crippen molar-refractivity contribution in [1.82, 2.24) is 10.2 Å². The zero-order chi connectivity index (χ0) is 17.8. The van der Waals surface area contributed by atoms with E-state index in [-0.39, 0.29) is 12.5 Å². The molecule has 1 aromatic carbocycles. The van der Waals surface area contributed by atoms with Crippen molar-refractivity contribution in [1.29, 1.82) is 0 Å². The zero-order valence-corrected chi connectivity index (χ0v) is 14.4. The molecule has 0 fully saturated rings. The van der Waals surface area contributed by atoms with Gasteiger partial charge in [-0.25, -0.2) is 4.79 Å². The van der Waals surface area contributed by atoms with E-state index >= 15 is 0 Å². The number of hydrogen-bond acceptors (Lipinski definition) is 6. The number of halogens is 1. The van der Waals surface area contributed by atoms with Crippen molar-refractivity contribution in [3.05, 3.63) is 64.4 Å². The minimum Gasteiger partial charge on any atom is -0.466 e. The summed E-state index contributed by atoms with van der Waals surface area (Å²) in [6.45, 7) is 3.53. The average Bonchev–Trinajstić information content (AvgIpc) is 3.18. The van der Waals surface area contributed by atoms with Crippen LogP contribution >= 0.6 is 11.6 Å². The summed E-state index contributed by atoms with van der Waals surface area (Å²) in [5.41, 5.74) is 1.45. The molecule has 0 radical (unpaired) electrons. The van der Waals surface area contributed by atoms with Crippen molar-refractivity contribution in [3.63, 3.8) is 0 Å². The standard InChI is InChI=1S/C18H15ClN2O4/c1-11-9-14(12(2)24-11)18-21-20-16(25-18)10-23-17(22)8-7-13-5-3-4-6-15(13)19/h3-9H,10H2,1-2H3/b8-7+. The second-order valence-electron chi connectivity index (χ2n) is 5.29. The largest absolute Gasteiger partial charge is 0.466 e. The number of aryl methyl sites for hydroxylation is 2. The van der Waals surface area contributed by atoms with Gasteiger partial charge in [-0.05, 0) is 37.6 Å². The Bertz CT molecular complexity index is 927. The van der Waals surface area contributed by atoms with E-state index in [1.54, 1.807) is 18.2 Å². The molecule has 0 unspecified atom stereocenters. The lowest BCUT2D eigenvalue weighted by atomic mass is 10.2. The van der Waals surface area contributed by atoms with Gasteiger partial charge in [0.1, 0.15) is 11.5 Å². The monoisotopic (exact) mass is 358 g/mol. The number of furan rings is 1. The van der Waals surface area contributed by atoms with Gasteiger partial charge in [0, 0.05) is 11.1 Å². The first-order valence-corrected chi connectivity index (χ1v) is 7.90. The fourth-order valence-corrected chi connectivity index (χ4v) is 2.41. The molecular weight excluding hydrogens is 344 g/mol. The number of rotatable bonds is 5. The summed E-state index contributed by atoms with van der Waals surface area (Å²) >= 11 is 6.01. The first kappa shape index (κ1) is 17.0. The molecule has 25 heavy (non-hydrogen) atoms. The molecule has 128 valence electrons. The average molecular weight is 359 g/mol. The summed E-state index contributed by atoms with van der Waals surface area (Å²) in [6.07, 6.45) is 2.88. The van der Waals surface area contributed by atoms with E-state index in [2.05, 4.69) is 10.2 Å². The number of aromatic nitrogens is 2. The molecule has 6 nitrogen and oxygen atoms in total. The highest BCUT2D eigenvalue weighted by molar-refractivity contribution is 6.32. The molecule has 3 aromatic rings. The Hall–Kier alpha value is -2.86.